The number of thioether (sulfide) groups is 1. The van der Waals surface area contributed by atoms with Gasteiger partial charge in [0.25, 0.3) is 5.56 Å². The van der Waals surface area contributed by atoms with Crippen LogP contribution in [0.5, 0.6) is 5.75 Å². The fourth-order valence-electron chi connectivity index (χ4n) is 2.91. The highest BCUT2D eigenvalue weighted by Gasteiger charge is 2.19. The lowest BCUT2D eigenvalue weighted by Crippen LogP contribution is -2.21. The Morgan fingerprint density at radius 1 is 1.17 bits per heavy atom. The number of aromatic nitrogens is 3. The molecule has 0 aliphatic heterocycles. The number of nitriles is 1. The lowest BCUT2D eigenvalue weighted by molar-refractivity contribution is 0.414. The number of hydrogen-bond donors (Lipinski definition) is 0. The molecule has 0 spiro atoms. The van der Waals surface area contributed by atoms with Gasteiger partial charge in [0, 0.05) is 6.07 Å². The van der Waals surface area contributed by atoms with E-state index in [1.165, 1.54) is 27.7 Å². The van der Waals surface area contributed by atoms with E-state index < -0.39 is 0 Å². The molecule has 0 saturated heterocycles. The quantitative estimate of drug-likeness (QED) is 0.258. The summed E-state index contributed by atoms with van der Waals surface area (Å²) in [6.07, 6.45) is 0. The molecule has 0 bridgehead atoms. The Hall–Kier alpha value is -2.93. The van der Waals surface area contributed by atoms with Crippen molar-refractivity contribution in [2.75, 3.05) is 12.9 Å². The maximum absolute atomic E-state index is 13.4. The number of ether oxygens (including phenoxy) is 1. The maximum atomic E-state index is 13.4. The van der Waals surface area contributed by atoms with Crippen LogP contribution >= 0.6 is 35.3 Å². The Labute approximate surface area is 179 Å². The molecule has 2 aromatic heterocycles. The number of hydrogen-bond acceptors (Lipinski definition) is 7. The molecule has 29 heavy (non-hydrogen) atoms. The molecule has 144 valence electrons. The minimum atomic E-state index is -0.209. The number of benzene rings is 2. The zero-order chi connectivity index (χ0) is 20.4. The Morgan fingerprint density at radius 3 is 2.66 bits per heavy atom. The van der Waals surface area contributed by atoms with Gasteiger partial charge < -0.3 is 4.74 Å². The predicted molar refractivity (Wildman–Crippen MR) is 118 cm³/mol. The van der Waals surface area contributed by atoms with Crippen LogP contribution in [0.2, 0.25) is 0 Å². The molecule has 0 aliphatic carbocycles. The Kier molecular flexibility index (Phi) is 5.49. The van der Waals surface area contributed by atoms with Gasteiger partial charge in [0.15, 0.2) is 14.8 Å². The molecule has 0 radical (unpaired) electrons. The average molecular weight is 439 g/mol. The summed E-state index contributed by atoms with van der Waals surface area (Å²) in [5.41, 5.74) is 1.73. The van der Waals surface area contributed by atoms with Crippen molar-refractivity contribution in [2.24, 2.45) is 0 Å². The van der Waals surface area contributed by atoms with Crippen molar-refractivity contribution in [1.82, 2.24) is 14.1 Å². The van der Waals surface area contributed by atoms with Crippen LogP contribution in [-0.2, 0) is 0 Å². The van der Waals surface area contributed by atoms with Crippen LogP contribution in [0.4, 0.5) is 0 Å². The van der Waals surface area contributed by atoms with E-state index in [4.69, 9.17) is 27.2 Å². The first-order chi connectivity index (χ1) is 14.1. The van der Waals surface area contributed by atoms with Crippen molar-refractivity contribution in [2.45, 2.75) is 5.16 Å². The molecule has 0 amide bonds. The molecule has 2 heterocycles. The summed E-state index contributed by atoms with van der Waals surface area (Å²) in [4.78, 5) is 18.1. The summed E-state index contributed by atoms with van der Waals surface area (Å²) in [6.45, 7) is 0. The highest BCUT2D eigenvalue weighted by Crippen LogP contribution is 2.28. The molecule has 9 heteroatoms. The number of nitrogens with zero attached hydrogens (tertiary/aromatic N) is 4. The first kappa shape index (κ1) is 19.4. The third-order valence-electron chi connectivity index (χ3n) is 4.17. The zero-order valence-corrected chi connectivity index (χ0v) is 17.7. The van der Waals surface area contributed by atoms with Gasteiger partial charge in [-0.25, -0.2) is 4.98 Å². The lowest BCUT2D eigenvalue weighted by atomic mass is 10.3. The first-order valence-electron chi connectivity index (χ1n) is 8.52. The largest absolute Gasteiger partial charge is 0.497 e. The number of para-hydroxylation sites is 1. The van der Waals surface area contributed by atoms with E-state index in [-0.39, 0.29) is 11.3 Å². The van der Waals surface area contributed by atoms with Crippen LogP contribution in [0.15, 0.2) is 64.5 Å². The molecule has 0 saturated carbocycles. The van der Waals surface area contributed by atoms with Crippen LogP contribution in [-0.4, -0.2) is 27.0 Å². The molecule has 0 aliphatic rings. The molecule has 2 aromatic carbocycles. The highest BCUT2D eigenvalue weighted by atomic mass is 32.2. The molecule has 0 fully saturated rings. The monoisotopic (exact) mass is 438 g/mol. The van der Waals surface area contributed by atoms with Crippen molar-refractivity contribution < 1.29 is 4.74 Å². The fraction of sp³-hybridized carbons (Fsp3) is 0.100. The topological polar surface area (TPSA) is 72.8 Å². The summed E-state index contributed by atoms with van der Waals surface area (Å²) in [7, 11) is 1.59. The molecule has 0 atom stereocenters. The standard InChI is InChI=1S/C20H14N4O2S3/c1-26-15-9-5-8-14(12-15)23-17-16(29-20(23)27)18(25)24(13-6-3-2-4-7-13)19(22-17)28-11-10-21/h2-9,12H,11H2,1H3. The lowest BCUT2D eigenvalue weighted by Gasteiger charge is -2.12. The van der Waals surface area contributed by atoms with Crippen molar-refractivity contribution in [3.63, 3.8) is 0 Å². The van der Waals surface area contributed by atoms with E-state index in [1.54, 1.807) is 11.7 Å². The van der Waals surface area contributed by atoms with Gasteiger partial charge in [0.05, 0.1) is 30.3 Å². The third kappa shape index (κ3) is 3.58. The van der Waals surface area contributed by atoms with E-state index in [0.717, 1.165) is 5.69 Å². The Morgan fingerprint density at radius 2 is 1.93 bits per heavy atom. The van der Waals surface area contributed by atoms with E-state index in [1.807, 2.05) is 54.6 Å². The van der Waals surface area contributed by atoms with Crippen molar-refractivity contribution in [1.29, 1.82) is 5.26 Å². The SMILES string of the molecule is COc1cccc(-n2c(=S)sc3c(=O)n(-c4ccccc4)c(SCC#N)nc32)c1. The predicted octanol–water partition coefficient (Wildman–Crippen LogP) is 4.59. The van der Waals surface area contributed by atoms with Crippen LogP contribution in [0, 0.1) is 15.3 Å². The highest BCUT2D eigenvalue weighted by molar-refractivity contribution is 7.99. The Balaban J connectivity index is 2.04. The summed E-state index contributed by atoms with van der Waals surface area (Å²) in [6, 6.07) is 18.8. The van der Waals surface area contributed by atoms with Gasteiger partial charge in [-0.15, -0.1) is 0 Å². The molecular formula is C20H14N4O2S3. The molecular weight excluding hydrogens is 424 g/mol. The van der Waals surface area contributed by atoms with Crippen LogP contribution in [0.25, 0.3) is 21.7 Å². The third-order valence-corrected chi connectivity index (χ3v) is 6.33. The second kappa shape index (κ2) is 8.21. The van der Waals surface area contributed by atoms with Gasteiger partial charge >= 0.3 is 0 Å². The van der Waals surface area contributed by atoms with Crippen molar-refractivity contribution in [3.8, 4) is 23.2 Å². The second-order valence-electron chi connectivity index (χ2n) is 5.87. The van der Waals surface area contributed by atoms with Gasteiger partial charge in [-0.2, -0.15) is 5.26 Å². The van der Waals surface area contributed by atoms with E-state index in [0.29, 0.717) is 30.9 Å². The van der Waals surface area contributed by atoms with Gasteiger partial charge in [-0.1, -0.05) is 47.4 Å². The summed E-state index contributed by atoms with van der Waals surface area (Å²) in [5, 5.41) is 9.49. The number of fused-ring (bicyclic) bond motifs is 1. The number of thiazole rings is 1. The first-order valence-corrected chi connectivity index (χ1v) is 10.7. The summed E-state index contributed by atoms with van der Waals surface area (Å²) in [5.74, 6) is 0.856. The molecule has 4 rings (SSSR count). The fourth-order valence-corrected chi connectivity index (χ4v) is 4.88. The van der Waals surface area contributed by atoms with Gasteiger partial charge in [-0.3, -0.25) is 13.9 Å². The normalized spacial score (nSPS) is 10.8. The summed E-state index contributed by atoms with van der Waals surface area (Å²) < 4.78 is 9.59. The smallest absolute Gasteiger partial charge is 0.278 e. The minimum Gasteiger partial charge on any atom is -0.497 e. The molecule has 4 aromatic rings. The zero-order valence-electron chi connectivity index (χ0n) is 15.2. The second-order valence-corrected chi connectivity index (χ2v) is 8.46. The molecule has 6 nitrogen and oxygen atoms in total. The minimum absolute atomic E-state index is 0.175. The molecule has 0 unspecified atom stereocenters. The van der Waals surface area contributed by atoms with Crippen LogP contribution in [0.1, 0.15) is 0 Å². The molecule has 0 N–H and O–H groups in total. The number of rotatable bonds is 5. The van der Waals surface area contributed by atoms with E-state index >= 15 is 0 Å². The number of methoxy groups -OCH3 is 1. The van der Waals surface area contributed by atoms with E-state index in [2.05, 4.69) is 6.07 Å². The van der Waals surface area contributed by atoms with Crippen molar-refractivity contribution >= 4 is 45.7 Å². The van der Waals surface area contributed by atoms with Crippen molar-refractivity contribution in [3.05, 3.63) is 68.9 Å². The van der Waals surface area contributed by atoms with Gasteiger partial charge in [0.2, 0.25) is 0 Å². The van der Waals surface area contributed by atoms with Crippen LogP contribution in [0.3, 0.4) is 0 Å². The summed E-state index contributed by atoms with van der Waals surface area (Å²) >= 11 is 8.00. The van der Waals surface area contributed by atoms with Gasteiger partial charge in [0.1, 0.15) is 10.4 Å². The Bertz CT molecular complexity index is 1350. The van der Waals surface area contributed by atoms with Gasteiger partial charge in [-0.05, 0) is 36.5 Å². The maximum Gasteiger partial charge on any atom is 0.278 e. The van der Waals surface area contributed by atoms with E-state index in [9.17, 15) is 4.79 Å². The van der Waals surface area contributed by atoms with Crippen LogP contribution < -0.4 is 10.3 Å². The average Bonchev–Trinajstić information content (AvgIpc) is 3.09.